The average Bonchev–Trinajstić information content (AvgIpc) is 3.59. The standard InChI is InChI=1S/C45H30BN3/c1-45(2)37-25-30(16-20-33(37)34-21-19-31(46)26-38(34)45)29-18-22-40-36(24-29)42-32-13-7-6-10-27(32)17-23-41(42)49(40)44-47-39-15-9-8-14-35(39)43(48-44)28-11-4-3-5-12-28/h3-26H,1-2H3. The molecule has 0 aliphatic heterocycles. The number of para-hydroxylation sites is 1. The van der Waals surface area contributed by atoms with Gasteiger partial charge < -0.3 is 0 Å². The highest BCUT2D eigenvalue weighted by Crippen LogP contribution is 2.49. The SMILES string of the molecule is [B]c1ccc2c(c1)C(C)(C)c1cc(-c3ccc4c(c3)c3c5ccccc5ccc3n4-c3nc(-c4ccccc4)c4ccccc4n3)ccc1-2. The van der Waals surface area contributed by atoms with Gasteiger partial charge in [-0.3, -0.25) is 4.57 Å². The molecule has 3 nitrogen and oxygen atoms in total. The summed E-state index contributed by atoms with van der Waals surface area (Å²) >= 11 is 0. The van der Waals surface area contributed by atoms with Crippen LogP contribution >= 0.6 is 0 Å². The minimum absolute atomic E-state index is 0.143. The normalized spacial score (nSPS) is 13.3. The minimum atomic E-state index is -0.143. The predicted molar refractivity (Wildman–Crippen MR) is 205 cm³/mol. The molecule has 0 saturated heterocycles. The molecule has 7 aromatic carbocycles. The molecule has 2 aromatic heterocycles. The van der Waals surface area contributed by atoms with E-state index in [0.717, 1.165) is 38.7 Å². The molecule has 2 heterocycles. The quantitative estimate of drug-likeness (QED) is 0.183. The van der Waals surface area contributed by atoms with E-state index in [1.165, 1.54) is 54.9 Å². The molecule has 228 valence electrons. The minimum Gasteiger partial charge on any atom is -0.278 e. The number of aromatic nitrogens is 3. The Morgan fingerprint density at radius 2 is 1.20 bits per heavy atom. The average molecular weight is 624 g/mol. The Bertz CT molecular complexity index is 2810. The number of hydrogen-bond acceptors (Lipinski definition) is 2. The summed E-state index contributed by atoms with van der Waals surface area (Å²) in [6, 6.07) is 51.9. The second-order valence-electron chi connectivity index (χ2n) is 13.7. The van der Waals surface area contributed by atoms with Crippen LogP contribution in [0.2, 0.25) is 0 Å². The molecule has 1 aliphatic rings. The van der Waals surface area contributed by atoms with Crippen LogP contribution in [0.25, 0.3) is 82.9 Å². The molecule has 0 saturated carbocycles. The van der Waals surface area contributed by atoms with Crippen molar-refractivity contribution in [1.82, 2.24) is 14.5 Å². The number of benzene rings is 7. The third kappa shape index (κ3) is 4.10. The van der Waals surface area contributed by atoms with E-state index >= 15 is 0 Å². The van der Waals surface area contributed by atoms with Gasteiger partial charge in [-0.05, 0) is 74.5 Å². The van der Waals surface area contributed by atoms with Crippen LogP contribution in [0.3, 0.4) is 0 Å². The van der Waals surface area contributed by atoms with Gasteiger partial charge in [-0.2, -0.15) is 0 Å². The zero-order valence-electron chi connectivity index (χ0n) is 27.3. The molecule has 9 aromatic rings. The molecular formula is C45H30BN3. The molecule has 0 fully saturated rings. The Kier molecular flexibility index (Phi) is 5.87. The third-order valence-electron chi connectivity index (χ3n) is 10.5. The van der Waals surface area contributed by atoms with Crippen LogP contribution in [0.4, 0.5) is 0 Å². The fourth-order valence-corrected chi connectivity index (χ4v) is 8.10. The maximum absolute atomic E-state index is 6.24. The van der Waals surface area contributed by atoms with Crippen molar-refractivity contribution in [2.24, 2.45) is 0 Å². The van der Waals surface area contributed by atoms with Gasteiger partial charge in [0.25, 0.3) is 0 Å². The summed E-state index contributed by atoms with van der Waals surface area (Å²) in [5.74, 6) is 0.664. The van der Waals surface area contributed by atoms with E-state index in [-0.39, 0.29) is 5.41 Å². The van der Waals surface area contributed by atoms with Crippen LogP contribution in [0.1, 0.15) is 25.0 Å². The van der Waals surface area contributed by atoms with Gasteiger partial charge in [0.1, 0.15) is 7.85 Å². The van der Waals surface area contributed by atoms with Gasteiger partial charge >= 0.3 is 0 Å². The van der Waals surface area contributed by atoms with E-state index in [0.29, 0.717) is 5.95 Å². The molecule has 0 bridgehead atoms. The molecule has 0 unspecified atom stereocenters. The van der Waals surface area contributed by atoms with Gasteiger partial charge in [-0.25, -0.2) is 9.97 Å². The summed E-state index contributed by atoms with van der Waals surface area (Å²) in [5.41, 5.74) is 13.3. The number of nitrogens with zero attached hydrogens (tertiary/aromatic N) is 3. The van der Waals surface area contributed by atoms with Crippen LogP contribution in [-0.2, 0) is 5.41 Å². The van der Waals surface area contributed by atoms with Crippen LogP contribution in [0, 0.1) is 0 Å². The van der Waals surface area contributed by atoms with Crippen LogP contribution < -0.4 is 5.46 Å². The van der Waals surface area contributed by atoms with E-state index in [1.54, 1.807) is 0 Å². The van der Waals surface area contributed by atoms with Crippen molar-refractivity contribution < 1.29 is 0 Å². The second-order valence-corrected chi connectivity index (χ2v) is 13.7. The maximum atomic E-state index is 6.24. The monoisotopic (exact) mass is 623 g/mol. The molecular weight excluding hydrogens is 593 g/mol. The molecule has 0 spiro atoms. The van der Waals surface area contributed by atoms with Gasteiger partial charge in [-0.1, -0.05) is 135 Å². The highest BCUT2D eigenvalue weighted by molar-refractivity contribution is 6.32. The molecule has 0 atom stereocenters. The van der Waals surface area contributed by atoms with Crippen molar-refractivity contribution in [3.8, 4) is 39.5 Å². The Balaban J connectivity index is 1.23. The topological polar surface area (TPSA) is 30.7 Å². The molecule has 2 radical (unpaired) electrons. The van der Waals surface area contributed by atoms with Gasteiger partial charge in [0, 0.05) is 27.1 Å². The highest BCUT2D eigenvalue weighted by Gasteiger charge is 2.35. The Morgan fingerprint density at radius 3 is 2.06 bits per heavy atom. The Labute approximate surface area is 285 Å². The smallest absolute Gasteiger partial charge is 0.235 e. The number of fused-ring (bicyclic) bond motifs is 9. The van der Waals surface area contributed by atoms with E-state index < -0.39 is 0 Å². The van der Waals surface area contributed by atoms with E-state index in [9.17, 15) is 0 Å². The first-order chi connectivity index (χ1) is 24.0. The predicted octanol–water partition coefficient (Wildman–Crippen LogP) is 10.3. The molecule has 0 amide bonds. The summed E-state index contributed by atoms with van der Waals surface area (Å²) in [4.78, 5) is 10.5. The molecule has 1 aliphatic carbocycles. The first-order valence-corrected chi connectivity index (χ1v) is 16.8. The summed E-state index contributed by atoms with van der Waals surface area (Å²) in [7, 11) is 6.24. The summed E-state index contributed by atoms with van der Waals surface area (Å²) < 4.78 is 2.24. The fraction of sp³-hybridized carbons (Fsp3) is 0.0667. The van der Waals surface area contributed by atoms with Crippen LogP contribution in [0.5, 0.6) is 0 Å². The largest absolute Gasteiger partial charge is 0.278 e. The summed E-state index contributed by atoms with van der Waals surface area (Å²) in [5, 5.41) is 5.85. The van der Waals surface area contributed by atoms with Crippen molar-refractivity contribution in [3.63, 3.8) is 0 Å². The fourth-order valence-electron chi connectivity index (χ4n) is 8.10. The second kappa shape index (κ2) is 10.3. The molecule has 4 heteroatoms. The number of hydrogen-bond donors (Lipinski definition) is 0. The molecule has 0 N–H and O–H groups in total. The van der Waals surface area contributed by atoms with Gasteiger partial charge in [-0.15, -0.1) is 0 Å². The van der Waals surface area contributed by atoms with Crippen LogP contribution in [0.15, 0.2) is 146 Å². The Hall–Kier alpha value is -6.00. The molecule has 49 heavy (non-hydrogen) atoms. The summed E-state index contributed by atoms with van der Waals surface area (Å²) in [6.07, 6.45) is 0. The van der Waals surface area contributed by atoms with Crippen LogP contribution in [-0.4, -0.2) is 22.4 Å². The molecule has 10 rings (SSSR count). The lowest BCUT2D eigenvalue weighted by atomic mass is 9.79. The first kappa shape index (κ1) is 28.1. The van der Waals surface area contributed by atoms with Crippen molar-refractivity contribution >= 4 is 56.8 Å². The lowest BCUT2D eigenvalue weighted by molar-refractivity contribution is 0.661. The van der Waals surface area contributed by atoms with Gasteiger partial charge in [0.15, 0.2) is 0 Å². The van der Waals surface area contributed by atoms with E-state index in [4.69, 9.17) is 17.8 Å². The van der Waals surface area contributed by atoms with E-state index in [2.05, 4.69) is 146 Å². The lowest BCUT2D eigenvalue weighted by Crippen LogP contribution is -2.17. The lowest BCUT2D eigenvalue weighted by Gasteiger charge is -2.22. The van der Waals surface area contributed by atoms with Crippen molar-refractivity contribution in [1.29, 1.82) is 0 Å². The third-order valence-corrected chi connectivity index (χ3v) is 10.5. The van der Waals surface area contributed by atoms with Crippen molar-refractivity contribution in [2.75, 3.05) is 0 Å². The Morgan fingerprint density at radius 1 is 0.531 bits per heavy atom. The van der Waals surface area contributed by atoms with E-state index in [1.807, 2.05) is 18.2 Å². The first-order valence-electron chi connectivity index (χ1n) is 16.8. The van der Waals surface area contributed by atoms with Crippen molar-refractivity contribution in [2.45, 2.75) is 19.3 Å². The highest BCUT2D eigenvalue weighted by atomic mass is 15.2. The zero-order valence-corrected chi connectivity index (χ0v) is 27.3. The van der Waals surface area contributed by atoms with Gasteiger partial charge in [0.2, 0.25) is 5.95 Å². The summed E-state index contributed by atoms with van der Waals surface area (Å²) in [6.45, 7) is 4.61. The maximum Gasteiger partial charge on any atom is 0.235 e. The van der Waals surface area contributed by atoms with Crippen molar-refractivity contribution in [3.05, 3.63) is 157 Å². The zero-order chi connectivity index (χ0) is 32.9. The van der Waals surface area contributed by atoms with Gasteiger partial charge in [0.05, 0.1) is 22.2 Å². The number of rotatable bonds is 3.